The smallest absolute Gasteiger partial charge is 0.272 e. The minimum absolute atomic E-state index is 0.0210. The summed E-state index contributed by atoms with van der Waals surface area (Å²) >= 11 is 5.96. The quantitative estimate of drug-likeness (QED) is 0.200. The van der Waals surface area contributed by atoms with Gasteiger partial charge in [0, 0.05) is 17.2 Å². The van der Waals surface area contributed by atoms with Gasteiger partial charge in [-0.2, -0.15) is 0 Å². The maximum Gasteiger partial charge on any atom is 0.272 e. The summed E-state index contributed by atoms with van der Waals surface area (Å²) < 4.78 is 21.3. The molecule has 2 atom stereocenters. The number of benzene rings is 2. The normalized spacial score (nSPS) is 16.8. The van der Waals surface area contributed by atoms with Gasteiger partial charge in [-0.3, -0.25) is 14.2 Å². The lowest BCUT2D eigenvalue weighted by Crippen LogP contribution is -2.30. The molecule has 12 heteroatoms. The van der Waals surface area contributed by atoms with E-state index in [2.05, 4.69) is 37.5 Å². The average molecular weight is 592 g/mol. The molecule has 3 heterocycles. The molecule has 2 bridgehead atoms. The molecule has 0 spiro atoms. The van der Waals surface area contributed by atoms with Crippen molar-refractivity contribution in [3.63, 3.8) is 0 Å². The maximum absolute atomic E-state index is 14.7. The predicted octanol–water partition coefficient (Wildman–Crippen LogP) is 6.12. The monoisotopic (exact) mass is 591 g/mol. The maximum atomic E-state index is 14.7. The van der Waals surface area contributed by atoms with Crippen molar-refractivity contribution in [3.05, 3.63) is 89.3 Å². The number of amides is 2. The summed E-state index contributed by atoms with van der Waals surface area (Å²) in [6.45, 7) is 7.35. The molecule has 42 heavy (non-hydrogen) atoms. The number of hydrogen-bond acceptors (Lipinski definition) is 6. The van der Waals surface area contributed by atoms with Crippen LogP contribution in [-0.4, -0.2) is 38.4 Å². The molecule has 10 nitrogen and oxygen atoms in total. The van der Waals surface area contributed by atoms with E-state index in [1.807, 2.05) is 19.1 Å². The zero-order valence-electron chi connectivity index (χ0n) is 23.4. The Morgan fingerprint density at radius 1 is 1.24 bits per heavy atom. The van der Waals surface area contributed by atoms with Gasteiger partial charge < -0.3 is 25.7 Å². The summed E-state index contributed by atoms with van der Waals surface area (Å²) in [6.07, 6.45) is 4.91. The van der Waals surface area contributed by atoms with E-state index < -0.39 is 17.8 Å². The van der Waals surface area contributed by atoms with E-state index in [0.717, 1.165) is 0 Å². The fourth-order valence-corrected chi connectivity index (χ4v) is 5.06. The van der Waals surface area contributed by atoms with Crippen LogP contribution in [0.15, 0.2) is 61.4 Å². The fraction of sp³-hybridized carbons (Fsp3) is 0.267. The number of ether oxygens (including phenoxy) is 1. The number of rotatable bonds is 6. The Balaban J connectivity index is 1.45. The van der Waals surface area contributed by atoms with Crippen LogP contribution >= 0.6 is 11.6 Å². The van der Waals surface area contributed by atoms with Gasteiger partial charge in [0.25, 0.3) is 5.91 Å². The van der Waals surface area contributed by atoms with Gasteiger partial charge in [-0.1, -0.05) is 31.0 Å². The first kappa shape index (κ1) is 28.9. The summed E-state index contributed by atoms with van der Waals surface area (Å²) in [7, 11) is 1.51. The molecule has 5 rings (SSSR count). The zero-order valence-corrected chi connectivity index (χ0v) is 24.2. The number of halogens is 2. The summed E-state index contributed by atoms with van der Waals surface area (Å²) in [4.78, 5) is 38.7. The number of aromatic nitrogens is 4. The number of aromatic amines is 1. The second kappa shape index (κ2) is 12.1. The van der Waals surface area contributed by atoms with Gasteiger partial charge in [0.05, 0.1) is 47.1 Å². The van der Waals surface area contributed by atoms with Crippen molar-refractivity contribution in [3.8, 4) is 17.1 Å². The summed E-state index contributed by atoms with van der Waals surface area (Å²) in [5, 5.41) is 9.11. The number of fused-ring (bicyclic) bond motifs is 4. The second-order valence-corrected chi connectivity index (χ2v) is 10.6. The van der Waals surface area contributed by atoms with E-state index >= 15 is 0 Å². The number of carbonyl (C=O) groups is 2. The Hall–Kier alpha value is -4.64. The van der Waals surface area contributed by atoms with Gasteiger partial charge >= 0.3 is 0 Å². The van der Waals surface area contributed by atoms with Gasteiger partial charge in [-0.15, -0.1) is 0 Å². The number of H-pyrrole nitrogens is 1. The van der Waals surface area contributed by atoms with Crippen molar-refractivity contribution in [2.45, 2.75) is 39.2 Å². The Morgan fingerprint density at radius 2 is 2.05 bits per heavy atom. The van der Waals surface area contributed by atoms with Crippen molar-refractivity contribution in [1.29, 1.82) is 0 Å². The van der Waals surface area contributed by atoms with Crippen LogP contribution in [0.25, 0.3) is 17.1 Å². The van der Waals surface area contributed by atoms with Gasteiger partial charge in [0.2, 0.25) is 5.91 Å². The molecule has 1 aliphatic heterocycles. The van der Waals surface area contributed by atoms with Crippen LogP contribution < -0.4 is 16.0 Å². The van der Waals surface area contributed by atoms with Crippen molar-refractivity contribution in [2.75, 3.05) is 17.7 Å². The number of hydrogen-bond donors (Lipinski definition) is 4. The van der Waals surface area contributed by atoms with Gasteiger partial charge in [0.1, 0.15) is 17.8 Å². The Morgan fingerprint density at radius 3 is 2.83 bits per heavy atom. The van der Waals surface area contributed by atoms with Crippen molar-refractivity contribution in [1.82, 2.24) is 24.8 Å². The minimum Gasteiger partial charge on any atom is -0.483 e. The molecule has 1 aliphatic rings. The highest BCUT2D eigenvalue weighted by Gasteiger charge is 2.25. The Bertz CT molecular complexity index is 1660. The lowest BCUT2D eigenvalue weighted by Gasteiger charge is -2.20. The van der Waals surface area contributed by atoms with E-state index in [-0.39, 0.29) is 28.2 Å². The highest BCUT2D eigenvalue weighted by Crippen LogP contribution is 2.33. The molecule has 0 unspecified atom stereocenters. The number of nitrogens with one attached hydrogen (secondary N) is 4. The molecule has 0 saturated heterocycles. The number of carbonyl (C=O) groups excluding carboxylic acids is 2. The molecule has 218 valence electrons. The molecule has 2 aromatic carbocycles. The highest BCUT2D eigenvalue weighted by molar-refractivity contribution is 6.30. The van der Waals surface area contributed by atoms with Crippen LogP contribution in [0.4, 0.5) is 15.8 Å². The third-order valence-corrected chi connectivity index (χ3v) is 7.62. The lowest BCUT2D eigenvalue weighted by atomic mass is 9.98. The highest BCUT2D eigenvalue weighted by atomic mass is 35.5. The van der Waals surface area contributed by atoms with Crippen molar-refractivity contribution >= 4 is 34.8 Å². The molecule has 4 aromatic rings. The molecular formula is C30H31ClFN7O3. The van der Waals surface area contributed by atoms with Gasteiger partial charge in [-0.05, 0) is 56.7 Å². The zero-order chi connectivity index (χ0) is 30.0. The fourth-order valence-electron chi connectivity index (χ4n) is 4.89. The first-order valence-corrected chi connectivity index (χ1v) is 13.8. The molecule has 4 N–H and O–H groups in total. The molecule has 0 radical (unpaired) electrons. The molecular weight excluding hydrogens is 561 g/mol. The molecule has 0 fully saturated rings. The Labute approximate surface area is 247 Å². The van der Waals surface area contributed by atoms with Gasteiger partial charge in [0.15, 0.2) is 11.7 Å². The predicted molar refractivity (Wildman–Crippen MR) is 159 cm³/mol. The van der Waals surface area contributed by atoms with Crippen molar-refractivity contribution in [2.24, 2.45) is 5.92 Å². The molecule has 0 aliphatic carbocycles. The van der Waals surface area contributed by atoms with Crippen LogP contribution in [-0.2, 0) is 9.53 Å². The van der Waals surface area contributed by atoms with E-state index in [1.54, 1.807) is 31.3 Å². The first-order valence-electron chi connectivity index (χ1n) is 13.5. The topological polar surface area (TPSA) is 126 Å². The third-order valence-electron chi connectivity index (χ3n) is 7.33. The summed E-state index contributed by atoms with van der Waals surface area (Å²) in [5.74, 6) is -0.517. The first-order chi connectivity index (χ1) is 20.2. The second-order valence-electron chi connectivity index (χ2n) is 10.2. The third kappa shape index (κ3) is 5.87. The number of nitrogens with zero attached hydrogens (tertiary/aromatic N) is 3. The molecule has 2 amide bonds. The number of methoxy groups -OCH3 is 1. The Kier molecular flexibility index (Phi) is 8.30. The van der Waals surface area contributed by atoms with Crippen LogP contribution in [0, 0.1) is 18.7 Å². The SMILES string of the molecule is C=C(Nc1ccc2c(c1)NC(=O)[C@H](C)CCC[C@H](NC(=O)c1ncn(-c3cccc(Cl)c3F)c1C)c1cnc-2[nH]1)OC. The minimum atomic E-state index is -0.596. The van der Waals surface area contributed by atoms with Gasteiger partial charge in [-0.25, -0.2) is 14.4 Å². The van der Waals surface area contributed by atoms with Crippen LogP contribution in [0.5, 0.6) is 0 Å². The average Bonchev–Trinajstić information content (AvgIpc) is 3.60. The largest absolute Gasteiger partial charge is 0.483 e. The standard InChI is InChI=1S/C30H31ClFN7O3/c1-16-7-5-9-22(37-30(41)27-17(2)39(15-34-27)25-10-6-8-21(31)26(25)32)24-14-33-28(36-24)20-12-11-19(35-18(3)42-4)13-23(20)38-29(16)40/h6,8,10-16,22,35H,3,5,7,9H2,1-2,4H3,(H,33,36)(H,37,41)(H,38,40)/t16-,22+/m1/s1. The summed E-state index contributed by atoms with van der Waals surface area (Å²) in [5.41, 5.74) is 3.47. The summed E-state index contributed by atoms with van der Waals surface area (Å²) in [6, 6.07) is 9.67. The van der Waals surface area contributed by atoms with Crippen LogP contribution in [0.2, 0.25) is 5.02 Å². The molecule has 2 aromatic heterocycles. The van der Waals surface area contributed by atoms with Crippen molar-refractivity contribution < 1.29 is 18.7 Å². The van der Waals surface area contributed by atoms with E-state index in [4.69, 9.17) is 16.3 Å². The van der Waals surface area contributed by atoms with E-state index in [0.29, 0.717) is 59.3 Å². The van der Waals surface area contributed by atoms with E-state index in [1.165, 1.54) is 24.1 Å². The van der Waals surface area contributed by atoms with Crippen LogP contribution in [0.3, 0.4) is 0 Å². The number of anilines is 2. The molecule has 0 saturated carbocycles. The number of imidazole rings is 2. The lowest BCUT2D eigenvalue weighted by molar-refractivity contribution is -0.119. The van der Waals surface area contributed by atoms with E-state index in [9.17, 15) is 14.0 Å². The van der Waals surface area contributed by atoms with Crippen LogP contribution in [0.1, 0.15) is 54.1 Å².